The van der Waals surface area contributed by atoms with Crippen LogP contribution in [0.4, 0.5) is 4.79 Å². The smallest absolute Gasteiger partial charge is 0.408 e. The first kappa shape index (κ1) is 20.7. The molecule has 0 spiro atoms. The Balaban J connectivity index is 2.84. The average Bonchev–Trinajstić information content (AvgIpc) is 2.52. The molecule has 0 aliphatic carbocycles. The number of carbonyl (C=O) groups excluding carboxylic acids is 3. The summed E-state index contributed by atoms with van der Waals surface area (Å²) in [6.45, 7) is 6.87. The van der Waals surface area contributed by atoms with Crippen LogP contribution < -0.4 is 5.32 Å². The number of hydrogen-bond acceptors (Lipinski definition) is 5. The predicted octanol–water partition coefficient (Wildman–Crippen LogP) is 2.89. The number of Topliss-reactive ketones (excluding diaryl/α,β-unsaturated/α-hetero) is 1. The second-order valence-corrected chi connectivity index (χ2v) is 6.98. The first-order chi connectivity index (χ1) is 11.6. The summed E-state index contributed by atoms with van der Waals surface area (Å²) >= 11 is 0. The van der Waals surface area contributed by atoms with Crippen molar-refractivity contribution in [1.82, 2.24) is 5.32 Å². The van der Waals surface area contributed by atoms with Crippen LogP contribution in [0.15, 0.2) is 30.3 Å². The summed E-state index contributed by atoms with van der Waals surface area (Å²) in [5.41, 5.74) is 0.242. The molecular formula is C19H27NO5. The van der Waals surface area contributed by atoms with Gasteiger partial charge in [-0.3, -0.25) is 9.59 Å². The highest BCUT2D eigenvalue weighted by atomic mass is 16.6. The number of benzene rings is 1. The molecule has 1 aromatic carbocycles. The van der Waals surface area contributed by atoms with Crippen molar-refractivity contribution < 1.29 is 23.9 Å². The van der Waals surface area contributed by atoms with Gasteiger partial charge in [0.15, 0.2) is 5.78 Å². The van der Waals surface area contributed by atoms with E-state index in [9.17, 15) is 14.4 Å². The lowest BCUT2D eigenvalue weighted by Crippen LogP contribution is -2.45. The van der Waals surface area contributed by atoms with Gasteiger partial charge >= 0.3 is 12.1 Å². The van der Waals surface area contributed by atoms with Crippen molar-refractivity contribution in [3.05, 3.63) is 35.9 Å². The predicted molar refractivity (Wildman–Crippen MR) is 94.1 cm³/mol. The average molecular weight is 349 g/mol. The maximum Gasteiger partial charge on any atom is 0.408 e. The number of rotatable bonds is 7. The van der Waals surface area contributed by atoms with E-state index in [0.29, 0.717) is 6.42 Å². The Hall–Kier alpha value is -2.37. The summed E-state index contributed by atoms with van der Waals surface area (Å²) < 4.78 is 9.89. The third-order valence-corrected chi connectivity index (χ3v) is 3.47. The van der Waals surface area contributed by atoms with Crippen LogP contribution in [-0.4, -0.2) is 36.6 Å². The van der Waals surface area contributed by atoms with Crippen LogP contribution in [0.2, 0.25) is 0 Å². The third-order valence-electron chi connectivity index (χ3n) is 3.47. The molecule has 6 nitrogen and oxygen atoms in total. The summed E-state index contributed by atoms with van der Waals surface area (Å²) in [5, 5.41) is 2.62. The first-order valence-corrected chi connectivity index (χ1v) is 8.26. The highest BCUT2D eigenvalue weighted by Crippen LogP contribution is 2.12. The zero-order valence-electron chi connectivity index (χ0n) is 15.5. The molecular weight excluding hydrogens is 322 g/mol. The molecule has 0 saturated carbocycles. The third kappa shape index (κ3) is 7.83. The zero-order valence-corrected chi connectivity index (χ0v) is 15.5. The minimum absolute atomic E-state index is 0.0139. The number of carbonyl (C=O) groups is 3. The van der Waals surface area contributed by atoms with E-state index >= 15 is 0 Å². The van der Waals surface area contributed by atoms with E-state index in [1.165, 1.54) is 7.11 Å². The molecule has 138 valence electrons. The van der Waals surface area contributed by atoms with Gasteiger partial charge in [-0.05, 0) is 32.8 Å². The van der Waals surface area contributed by atoms with Crippen LogP contribution >= 0.6 is 0 Å². The Morgan fingerprint density at radius 1 is 1.12 bits per heavy atom. The standard InChI is InChI=1S/C19H27NO5/c1-13(17(22)24-5)11-16(21)15(12-14-9-7-6-8-10-14)20-18(23)25-19(2,3)4/h6-10,13,15H,11-12H2,1-5H3,(H,20,23)/t13-,15+/m1/s1. The Kier molecular flexibility index (Phi) is 7.61. The lowest BCUT2D eigenvalue weighted by Gasteiger charge is -2.23. The molecule has 0 unspecified atom stereocenters. The SMILES string of the molecule is COC(=O)[C@H](C)CC(=O)[C@H](Cc1ccccc1)NC(=O)OC(C)(C)C. The number of nitrogens with one attached hydrogen (secondary N) is 1. The number of hydrogen-bond donors (Lipinski definition) is 1. The fraction of sp³-hybridized carbons (Fsp3) is 0.526. The molecule has 1 N–H and O–H groups in total. The minimum Gasteiger partial charge on any atom is -0.469 e. The van der Waals surface area contributed by atoms with Crippen molar-refractivity contribution in [2.75, 3.05) is 7.11 Å². The number of amides is 1. The number of ketones is 1. The summed E-state index contributed by atoms with van der Waals surface area (Å²) in [6.07, 6.45) is -0.347. The molecule has 0 aliphatic heterocycles. The summed E-state index contributed by atoms with van der Waals surface area (Å²) in [6, 6.07) is 8.58. The van der Waals surface area contributed by atoms with Crippen LogP contribution in [-0.2, 0) is 25.5 Å². The molecule has 0 heterocycles. The number of alkyl carbamates (subject to hydrolysis) is 1. The van der Waals surface area contributed by atoms with Crippen LogP contribution in [0.3, 0.4) is 0 Å². The highest BCUT2D eigenvalue weighted by Gasteiger charge is 2.27. The molecule has 2 atom stereocenters. The quantitative estimate of drug-likeness (QED) is 0.766. The van der Waals surface area contributed by atoms with E-state index < -0.39 is 29.6 Å². The lowest BCUT2D eigenvalue weighted by atomic mass is 9.95. The Bertz CT molecular complexity index is 592. The van der Waals surface area contributed by atoms with Gasteiger partial charge in [0.25, 0.3) is 0 Å². The van der Waals surface area contributed by atoms with Gasteiger partial charge in [0.1, 0.15) is 5.60 Å². The van der Waals surface area contributed by atoms with E-state index in [4.69, 9.17) is 4.74 Å². The second kappa shape index (κ2) is 9.20. The highest BCUT2D eigenvalue weighted by molar-refractivity contribution is 5.90. The van der Waals surface area contributed by atoms with Gasteiger partial charge in [0, 0.05) is 6.42 Å². The lowest BCUT2D eigenvalue weighted by molar-refractivity contribution is -0.146. The molecule has 6 heteroatoms. The van der Waals surface area contributed by atoms with Crippen molar-refractivity contribution in [3.63, 3.8) is 0 Å². The van der Waals surface area contributed by atoms with Crippen LogP contribution in [0, 0.1) is 5.92 Å². The van der Waals surface area contributed by atoms with Crippen molar-refractivity contribution in [2.45, 2.75) is 52.2 Å². The largest absolute Gasteiger partial charge is 0.469 e. The van der Waals surface area contributed by atoms with E-state index in [1.54, 1.807) is 27.7 Å². The molecule has 1 amide bonds. The maximum absolute atomic E-state index is 12.6. The number of ether oxygens (including phenoxy) is 2. The molecule has 0 saturated heterocycles. The van der Waals surface area contributed by atoms with E-state index in [0.717, 1.165) is 5.56 Å². The van der Waals surface area contributed by atoms with Crippen molar-refractivity contribution in [2.24, 2.45) is 5.92 Å². The molecule has 1 rings (SSSR count). The molecule has 0 bridgehead atoms. The normalized spacial score (nSPS) is 13.5. The van der Waals surface area contributed by atoms with Gasteiger partial charge in [0.05, 0.1) is 19.1 Å². The molecule has 0 aliphatic rings. The van der Waals surface area contributed by atoms with Crippen molar-refractivity contribution in [1.29, 1.82) is 0 Å². The van der Waals surface area contributed by atoms with E-state index in [2.05, 4.69) is 10.1 Å². The van der Waals surface area contributed by atoms with Crippen molar-refractivity contribution >= 4 is 17.8 Å². The van der Waals surface area contributed by atoms with Crippen LogP contribution in [0.5, 0.6) is 0 Å². The Labute approximate surface area is 148 Å². The van der Waals surface area contributed by atoms with Crippen LogP contribution in [0.25, 0.3) is 0 Å². The Morgan fingerprint density at radius 2 is 1.72 bits per heavy atom. The first-order valence-electron chi connectivity index (χ1n) is 8.26. The zero-order chi connectivity index (χ0) is 19.0. The summed E-state index contributed by atoms with van der Waals surface area (Å²) in [5.74, 6) is -1.27. The summed E-state index contributed by atoms with van der Waals surface area (Å²) in [7, 11) is 1.28. The summed E-state index contributed by atoms with van der Waals surface area (Å²) in [4.78, 5) is 36.2. The van der Waals surface area contributed by atoms with Crippen molar-refractivity contribution in [3.8, 4) is 0 Å². The van der Waals surface area contributed by atoms with Gasteiger partial charge in [-0.15, -0.1) is 0 Å². The minimum atomic E-state index is -0.774. The van der Waals surface area contributed by atoms with Gasteiger partial charge < -0.3 is 14.8 Å². The van der Waals surface area contributed by atoms with Gasteiger partial charge in [-0.2, -0.15) is 0 Å². The topological polar surface area (TPSA) is 81.7 Å². The molecule has 0 aromatic heterocycles. The van der Waals surface area contributed by atoms with Gasteiger partial charge in [-0.1, -0.05) is 37.3 Å². The van der Waals surface area contributed by atoms with Gasteiger partial charge in [-0.25, -0.2) is 4.79 Å². The fourth-order valence-corrected chi connectivity index (χ4v) is 2.27. The van der Waals surface area contributed by atoms with Crippen LogP contribution in [0.1, 0.15) is 39.7 Å². The molecule has 0 fully saturated rings. The number of methoxy groups -OCH3 is 1. The molecule has 1 aromatic rings. The van der Waals surface area contributed by atoms with E-state index in [-0.39, 0.29) is 12.2 Å². The number of esters is 1. The molecule has 25 heavy (non-hydrogen) atoms. The monoisotopic (exact) mass is 349 g/mol. The molecule has 0 radical (unpaired) electrons. The fourth-order valence-electron chi connectivity index (χ4n) is 2.27. The van der Waals surface area contributed by atoms with E-state index in [1.807, 2.05) is 30.3 Å². The Morgan fingerprint density at radius 3 is 2.24 bits per heavy atom. The second-order valence-electron chi connectivity index (χ2n) is 6.98. The van der Waals surface area contributed by atoms with Gasteiger partial charge in [0.2, 0.25) is 0 Å². The maximum atomic E-state index is 12.6.